The van der Waals surface area contributed by atoms with E-state index in [0.717, 1.165) is 11.3 Å². The van der Waals surface area contributed by atoms with E-state index < -0.39 is 0 Å². The number of aromatic nitrogens is 4. The molecule has 0 bridgehead atoms. The number of rotatable bonds is 6. The van der Waals surface area contributed by atoms with Gasteiger partial charge in [-0.05, 0) is 42.5 Å². The number of ether oxygens (including phenoxy) is 1. The highest BCUT2D eigenvalue weighted by atomic mass is 19.1. The van der Waals surface area contributed by atoms with Gasteiger partial charge in [0.05, 0.1) is 11.0 Å². The van der Waals surface area contributed by atoms with Crippen LogP contribution in [0.1, 0.15) is 5.82 Å². The summed E-state index contributed by atoms with van der Waals surface area (Å²) in [5.74, 6) is 1.33. The van der Waals surface area contributed by atoms with Gasteiger partial charge in [0.2, 0.25) is 11.8 Å². The molecule has 27 heavy (non-hydrogen) atoms. The van der Waals surface area contributed by atoms with E-state index in [1.807, 2.05) is 0 Å². The van der Waals surface area contributed by atoms with E-state index >= 15 is 0 Å². The van der Waals surface area contributed by atoms with Gasteiger partial charge >= 0.3 is 0 Å². The van der Waals surface area contributed by atoms with Crippen molar-refractivity contribution in [1.29, 1.82) is 0 Å². The monoisotopic (exact) mass is 367 g/mol. The molecule has 0 saturated carbocycles. The third-order valence-electron chi connectivity index (χ3n) is 3.80. The zero-order valence-electron chi connectivity index (χ0n) is 14.1. The number of aromatic amines is 1. The van der Waals surface area contributed by atoms with Crippen molar-refractivity contribution in [2.75, 3.05) is 11.9 Å². The van der Waals surface area contributed by atoms with Gasteiger partial charge in [-0.1, -0.05) is 0 Å². The van der Waals surface area contributed by atoms with Crippen LogP contribution in [-0.4, -0.2) is 26.5 Å². The number of nitrogens with one attached hydrogen (secondary N) is 2. The lowest BCUT2D eigenvalue weighted by Crippen LogP contribution is -2.08. The molecule has 0 aliphatic rings. The smallest absolute Gasteiger partial charge is 0.225 e. The predicted octanol–water partition coefficient (Wildman–Crippen LogP) is 4.08. The number of hydrogen-bond donors (Lipinski definition) is 2. The zero-order chi connectivity index (χ0) is 18.6. The number of halogens is 2. The Hall–Kier alpha value is -3.55. The highest BCUT2D eigenvalue weighted by Crippen LogP contribution is 2.20. The largest absolute Gasteiger partial charge is 0.439 e. The van der Waals surface area contributed by atoms with Crippen molar-refractivity contribution >= 4 is 17.0 Å². The summed E-state index contributed by atoms with van der Waals surface area (Å²) in [7, 11) is 0. The maximum absolute atomic E-state index is 13.2. The Kier molecular flexibility index (Phi) is 4.61. The quantitative estimate of drug-likeness (QED) is 0.537. The molecule has 2 aromatic heterocycles. The highest BCUT2D eigenvalue weighted by Gasteiger charge is 2.05. The number of benzene rings is 2. The molecule has 136 valence electrons. The molecule has 0 unspecified atom stereocenters. The summed E-state index contributed by atoms with van der Waals surface area (Å²) in [5, 5.41) is 3.09. The molecule has 0 spiro atoms. The van der Waals surface area contributed by atoms with Gasteiger partial charge in [-0.15, -0.1) is 0 Å². The van der Waals surface area contributed by atoms with Crippen LogP contribution in [0.3, 0.4) is 0 Å². The third kappa shape index (κ3) is 4.17. The minimum absolute atomic E-state index is 0.304. The molecule has 0 fully saturated rings. The van der Waals surface area contributed by atoms with Crippen molar-refractivity contribution in [2.24, 2.45) is 0 Å². The molecule has 0 atom stereocenters. The number of hydrogen-bond acceptors (Lipinski definition) is 5. The Labute approximate surface area is 153 Å². The minimum Gasteiger partial charge on any atom is -0.439 e. The first-order chi connectivity index (χ1) is 13.2. The highest BCUT2D eigenvalue weighted by molar-refractivity contribution is 5.74. The van der Waals surface area contributed by atoms with E-state index in [9.17, 15) is 8.78 Å². The summed E-state index contributed by atoms with van der Waals surface area (Å²) in [4.78, 5) is 15.9. The first kappa shape index (κ1) is 16.9. The van der Waals surface area contributed by atoms with Crippen molar-refractivity contribution in [2.45, 2.75) is 6.42 Å². The third-order valence-corrected chi connectivity index (χ3v) is 3.80. The SMILES string of the molecule is Fc1ccc(Oc2ccnc(NCCc3nc4ccc(F)cc4[nH]3)n2)cc1. The molecule has 2 N–H and O–H groups in total. The minimum atomic E-state index is -0.333. The van der Waals surface area contributed by atoms with Gasteiger partial charge in [-0.2, -0.15) is 4.98 Å². The van der Waals surface area contributed by atoms with Crippen molar-refractivity contribution in [1.82, 2.24) is 19.9 Å². The molecule has 2 aromatic carbocycles. The molecule has 0 amide bonds. The van der Waals surface area contributed by atoms with Crippen LogP contribution in [0.4, 0.5) is 14.7 Å². The lowest BCUT2D eigenvalue weighted by Gasteiger charge is -2.07. The van der Waals surface area contributed by atoms with E-state index in [2.05, 4.69) is 25.3 Å². The average molecular weight is 367 g/mol. The molecule has 0 saturated heterocycles. The van der Waals surface area contributed by atoms with Crippen LogP contribution < -0.4 is 10.1 Å². The zero-order valence-corrected chi connectivity index (χ0v) is 14.1. The summed E-state index contributed by atoms with van der Waals surface area (Å²) >= 11 is 0. The summed E-state index contributed by atoms with van der Waals surface area (Å²) in [6, 6.07) is 11.7. The molecule has 4 aromatic rings. The maximum Gasteiger partial charge on any atom is 0.225 e. The Morgan fingerprint density at radius 3 is 2.63 bits per heavy atom. The Morgan fingerprint density at radius 2 is 1.78 bits per heavy atom. The molecule has 8 heteroatoms. The van der Waals surface area contributed by atoms with E-state index in [1.165, 1.54) is 36.4 Å². The van der Waals surface area contributed by atoms with Crippen LogP contribution in [0.15, 0.2) is 54.7 Å². The Bertz CT molecular complexity index is 1070. The fourth-order valence-electron chi connectivity index (χ4n) is 2.55. The summed E-state index contributed by atoms with van der Waals surface area (Å²) in [5.41, 5.74) is 1.38. The standard InChI is InChI=1S/C19H15F2N5O/c20-12-1-4-14(5-2-12)27-18-8-10-23-19(26-18)22-9-7-17-24-15-6-3-13(21)11-16(15)25-17/h1-6,8,10-11H,7,9H2,(H,24,25)(H,22,23,26). The van der Waals surface area contributed by atoms with E-state index in [4.69, 9.17) is 4.74 Å². The van der Waals surface area contributed by atoms with Crippen LogP contribution in [0.5, 0.6) is 11.6 Å². The van der Waals surface area contributed by atoms with Gasteiger partial charge < -0.3 is 15.0 Å². The number of H-pyrrole nitrogens is 1. The predicted molar refractivity (Wildman–Crippen MR) is 96.8 cm³/mol. The van der Waals surface area contributed by atoms with Crippen molar-refractivity contribution in [3.05, 3.63) is 72.2 Å². The normalized spacial score (nSPS) is 10.9. The van der Waals surface area contributed by atoms with Crippen LogP contribution in [0, 0.1) is 11.6 Å². The number of anilines is 1. The maximum atomic E-state index is 13.2. The lowest BCUT2D eigenvalue weighted by molar-refractivity contribution is 0.460. The van der Waals surface area contributed by atoms with Crippen molar-refractivity contribution in [3.63, 3.8) is 0 Å². The van der Waals surface area contributed by atoms with Crippen LogP contribution in [0.25, 0.3) is 11.0 Å². The van der Waals surface area contributed by atoms with Gasteiger partial charge in [0, 0.05) is 25.2 Å². The Morgan fingerprint density at radius 1 is 0.963 bits per heavy atom. The molecule has 6 nitrogen and oxygen atoms in total. The second-order valence-corrected chi connectivity index (χ2v) is 5.80. The average Bonchev–Trinajstić information content (AvgIpc) is 3.06. The van der Waals surface area contributed by atoms with E-state index in [1.54, 1.807) is 18.3 Å². The molecule has 4 rings (SSSR count). The van der Waals surface area contributed by atoms with Crippen molar-refractivity contribution in [3.8, 4) is 11.6 Å². The van der Waals surface area contributed by atoms with Crippen molar-refractivity contribution < 1.29 is 13.5 Å². The van der Waals surface area contributed by atoms with Gasteiger partial charge in [-0.25, -0.2) is 18.7 Å². The summed E-state index contributed by atoms with van der Waals surface area (Å²) < 4.78 is 31.7. The fraction of sp³-hybridized carbons (Fsp3) is 0.105. The van der Waals surface area contributed by atoms with Crippen LogP contribution in [-0.2, 0) is 6.42 Å². The second-order valence-electron chi connectivity index (χ2n) is 5.80. The van der Waals surface area contributed by atoms with Gasteiger partial charge in [0.25, 0.3) is 0 Å². The number of imidazole rings is 1. The summed E-state index contributed by atoms with van der Waals surface area (Å²) in [6.45, 7) is 0.530. The first-order valence-corrected chi connectivity index (χ1v) is 8.30. The summed E-state index contributed by atoms with van der Waals surface area (Å²) in [6.07, 6.45) is 2.15. The van der Waals surface area contributed by atoms with Crippen LogP contribution in [0.2, 0.25) is 0 Å². The second kappa shape index (κ2) is 7.36. The lowest BCUT2D eigenvalue weighted by atomic mass is 10.3. The number of fused-ring (bicyclic) bond motifs is 1. The first-order valence-electron chi connectivity index (χ1n) is 8.30. The van der Waals surface area contributed by atoms with E-state index in [-0.39, 0.29) is 11.6 Å². The van der Waals surface area contributed by atoms with Gasteiger partial charge in [0.1, 0.15) is 23.2 Å². The molecule has 2 heterocycles. The molecule has 0 aliphatic heterocycles. The Balaban J connectivity index is 1.37. The molecular weight excluding hydrogens is 352 g/mol. The fourth-order valence-corrected chi connectivity index (χ4v) is 2.55. The number of nitrogens with zero attached hydrogens (tertiary/aromatic N) is 3. The molecule has 0 aliphatic carbocycles. The molecule has 0 radical (unpaired) electrons. The topological polar surface area (TPSA) is 75.7 Å². The van der Waals surface area contributed by atoms with E-state index in [0.29, 0.717) is 36.1 Å². The van der Waals surface area contributed by atoms with Gasteiger partial charge in [0.15, 0.2) is 0 Å². The van der Waals surface area contributed by atoms with Gasteiger partial charge in [-0.3, -0.25) is 0 Å². The van der Waals surface area contributed by atoms with Crippen LogP contribution >= 0.6 is 0 Å². The molecular formula is C19H15F2N5O.